The number of hydrogen-bond donors (Lipinski definition) is 3. The van der Waals surface area contributed by atoms with E-state index in [0.717, 1.165) is 15.6 Å². The van der Waals surface area contributed by atoms with E-state index in [4.69, 9.17) is 14.6 Å². The van der Waals surface area contributed by atoms with Crippen LogP contribution in [0.25, 0.3) is 0 Å². The normalized spacial score (nSPS) is 10.7. The molecule has 176 valence electrons. The van der Waals surface area contributed by atoms with Crippen molar-refractivity contribution < 1.29 is 24.2 Å². The van der Waals surface area contributed by atoms with Crippen LogP contribution in [0.3, 0.4) is 0 Å². The number of urea groups is 1. The Bertz CT molecular complexity index is 1200. The van der Waals surface area contributed by atoms with Crippen molar-refractivity contribution in [2.75, 3.05) is 11.9 Å². The Hall–Kier alpha value is -3.85. The third-order valence-electron chi connectivity index (χ3n) is 4.66. The number of ether oxygens (including phenoxy) is 2. The zero-order chi connectivity index (χ0) is 24.5. The molecule has 2 amide bonds. The van der Waals surface area contributed by atoms with Crippen LogP contribution in [0.2, 0.25) is 0 Å². The number of amides is 2. The predicted octanol–water partition coefficient (Wildman–Crippen LogP) is 5.59. The zero-order valence-electron chi connectivity index (χ0n) is 18.7. The van der Waals surface area contributed by atoms with E-state index in [1.807, 2.05) is 26.0 Å². The minimum Gasteiger partial charge on any atom is -0.490 e. The molecule has 0 spiro atoms. The van der Waals surface area contributed by atoms with E-state index in [1.165, 1.54) is 18.3 Å². The number of halogens is 1. The van der Waals surface area contributed by atoms with Crippen LogP contribution >= 0.6 is 15.9 Å². The van der Waals surface area contributed by atoms with E-state index in [-0.39, 0.29) is 12.2 Å². The average molecular weight is 526 g/mol. The number of anilines is 1. The van der Waals surface area contributed by atoms with Gasteiger partial charge in [0.1, 0.15) is 6.61 Å². The molecule has 0 heterocycles. The van der Waals surface area contributed by atoms with Crippen LogP contribution in [0, 0.1) is 6.92 Å². The molecule has 0 bridgehead atoms. The van der Waals surface area contributed by atoms with E-state index in [1.54, 1.807) is 36.4 Å². The number of aryl methyl sites for hydroxylation is 1. The molecular weight excluding hydrogens is 502 g/mol. The van der Waals surface area contributed by atoms with Crippen molar-refractivity contribution in [2.24, 2.45) is 5.10 Å². The first-order valence-corrected chi connectivity index (χ1v) is 11.2. The number of carbonyl (C=O) groups excluding carboxylic acids is 1. The molecule has 0 aliphatic heterocycles. The minimum absolute atomic E-state index is 0.219. The van der Waals surface area contributed by atoms with Crippen LogP contribution in [-0.2, 0) is 6.61 Å². The van der Waals surface area contributed by atoms with Gasteiger partial charge >= 0.3 is 12.0 Å². The lowest BCUT2D eigenvalue weighted by Crippen LogP contribution is -2.24. The first kappa shape index (κ1) is 24.8. The van der Waals surface area contributed by atoms with Gasteiger partial charge in [-0.25, -0.2) is 15.0 Å². The molecule has 8 nitrogen and oxygen atoms in total. The zero-order valence-corrected chi connectivity index (χ0v) is 20.3. The van der Waals surface area contributed by atoms with Gasteiger partial charge in [0, 0.05) is 10.2 Å². The van der Waals surface area contributed by atoms with Crippen molar-refractivity contribution in [1.29, 1.82) is 0 Å². The summed E-state index contributed by atoms with van der Waals surface area (Å²) in [6, 6.07) is 16.8. The number of benzene rings is 3. The average Bonchev–Trinajstić information content (AvgIpc) is 2.81. The summed E-state index contributed by atoms with van der Waals surface area (Å²) >= 11 is 3.42. The van der Waals surface area contributed by atoms with E-state index in [0.29, 0.717) is 29.4 Å². The van der Waals surface area contributed by atoms with Crippen LogP contribution in [-0.4, -0.2) is 29.9 Å². The maximum atomic E-state index is 12.1. The lowest BCUT2D eigenvalue weighted by Gasteiger charge is -2.13. The van der Waals surface area contributed by atoms with E-state index in [9.17, 15) is 9.59 Å². The Morgan fingerprint density at radius 2 is 1.79 bits per heavy atom. The molecule has 0 fully saturated rings. The highest BCUT2D eigenvalue weighted by atomic mass is 79.9. The lowest BCUT2D eigenvalue weighted by atomic mass is 10.1. The third kappa shape index (κ3) is 7.08. The van der Waals surface area contributed by atoms with Crippen molar-refractivity contribution in [3.8, 4) is 11.5 Å². The smallest absolute Gasteiger partial charge is 0.339 e. The molecule has 0 unspecified atom stereocenters. The topological polar surface area (TPSA) is 109 Å². The molecule has 3 rings (SSSR count). The number of aromatic carboxylic acids is 1. The first-order chi connectivity index (χ1) is 16.4. The molecule has 0 radical (unpaired) electrons. The molecule has 0 atom stereocenters. The molecule has 0 aliphatic rings. The Labute approximate surface area is 205 Å². The highest BCUT2D eigenvalue weighted by Gasteiger charge is 2.08. The maximum absolute atomic E-state index is 12.1. The molecule has 0 aromatic heterocycles. The molecule has 0 aliphatic carbocycles. The van der Waals surface area contributed by atoms with Crippen LogP contribution in [0.4, 0.5) is 10.5 Å². The Balaban J connectivity index is 1.60. The van der Waals surface area contributed by atoms with Crippen molar-refractivity contribution >= 4 is 39.8 Å². The molecule has 0 saturated carbocycles. The molecule has 9 heteroatoms. The molecule has 3 N–H and O–H groups in total. The van der Waals surface area contributed by atoms with Gasteiger partial charge in [-0.1, -0.05) is 28.1 Å². The quantitative estimate of drug-likeness (QED) is 0.249. The van der Waals surface area contributed by atoms with Crippen molar-refractivity contribution in [3.05, 3.63) is 87.4 Å². The first-order valence-electron chi connectivity index (χ1n) is 10.4. The molecule has 3 aromatic rings. The van der Waals surface area contributed by atoms with Gasteiger partial charge in [-0.3, -0.25) is 0 Å². The van der Waals surface area contributed by atoms with Crippen LogP contribution in [0.1, 0.15) is 34.0 Å². The second kappa shape index (κ2) is 11.9. The molecular formula is C25H24BrN3O5. The van der Waals surface area contributed by atoms with Crippen LogP contribution in [0.5, 0.6) is 11.5 Å². The monoisotopic (exact) mass is 525 g/mol. The van der Waals surface area contributed by atoms with Gasteiger partial charge < -0.3 is 19.9 Å². The number of hydrazone groups is 1. The van der Waals surface area contributed by atoms with E-state index in [2.05, 4.69) is 31.8 Å². The fourth-order valence-electron chi connectivity index (χ4n) is 2.94. The Kier molecular flexibility index (Phi) is 8.64. The van der Waals surface area contributed by atoms with Crippen molar-refractivity contribution in [3.63, 3.8) is 0 Å². The number of carboxylic acids is 1. The number of hydrogen-bond acceptors (Lipinski definition) is 5. The predicted molar refractivity (Wildman–Crippen MR) is 134 cm³/mol. The molecule has 34 heavy (non-hydrogen) atoms. The maximum Gasteiger partial charge on any atom is 0.339 e. The summed E-state index contributed by atoms with van der Waals surface area (Å²) in [4.78, 5) is 23.0. The number of carboxylic acid groups (broad SMARTS) is 1. The number of nitrogens with one attached hydrogen (secondary N) is 2. The summed E-state index contributed by atoms with van der Waals surface area (Å²) in [5, 5.41) is 15.7. The number of nitrogens with zero attached hydrogens (tertiary/aromatic N) is 1. The van der Waals surface area contributed by atoms with Gasteiger partial charge in [-0.2, -0.15) is 5.10 Å². The highest BCUT2D eigenvalue weighted by molar-refractivity contribution is 9.10. The minimum atomic E-state index is -0.973. The SMILES string of the molecule is CCOc1cc(/C=N/NC(=O)Nc2ccc(Br)c(C)c2)ccc1OCc1ccc(C(=O)O)cc1. The van der Waals surface area contributed by atoms with E-state index < -0.39 is 12.0 Å². The summed E-state index contributed by atoms with van der Waals surface area (Å²) in [5.74, 6) is 0.0970. The van der Waals surface area contributed by atoms with Gasteiger partial charge in [-0.15, -0.1) is 0 Å². The fourth-order valence-corrected chi connectivity index (χ4v) is 3.19. The van der Waals surface area contributed by atoms with Gasteiger partial charge in [-0.05, 0) is 79.1 Å². The second-order valence-electron chi connectivity index (χ2n) is 7.22. The van der Waals surface area contributed by atoms with Gasteiger partial charge in [0.15, 0.2) is 11.5 Å². The van der Waals surface area contributed by atoms with E-state index >= 15 is 0 Å². The summed E-state index contributed by atoms with van der Waals surface area (Å²) in [7, 11) is 0. The second-order valence-corrected chi connectivity index (χ2v) is 8.07. The molecule has 0 saturated heterocycles. The van der Waals surface area contributed by atoms with Gasteiger partial charge in [0.25, 0.3) is 0 Å². The number of rotatable bonds is 9. The van der Waals surface area contributed by atoms with Gasteiger partial charge in [0.2, 0.25) is 0 Å². The van der Waals surface area contributed by atoms with Gasteiger partial charge in [0.05, 0.1) is 18.4 Å². The van der Waals surface area contributed by atoms with Crippen molar-refractivity contribution in [1.82, 2.24) is 5.43 Å². The third-order valence-corrected chi connectivity index (χ3v) is 5.55. The Morgan fingerprint density at radius 3 is 2.47 bits per heavy atom. The molecule has 3 aromatic carbocycles. The summed E-state index contributed by atoms with van der Waals surface area (Å²) in [6.45, 7) is 4.50. The van der Waals surface area contributed by atoms with Crippen molar-refractivity contribution in [2.45, 2.75) is 20.5 Å². The standard InChI is InChI=1S/C25H24BrN3O5/c1-3-33-23-13-18(14-27-29-25(32)28-20-9-10-21(26)16(2)12-20)6-11-22(23)34-15-17-4-7-19(8-5-17)24(30)31/h4-14H,3,15H2,1-2H3,(H,30,31)(H2,28,29,32)/b27-14+. The Morgan fingerprint density at radius 1 is 1.03 bits per heavy atom. The van der Waals surface area contributed by atoms with Crippen LogP contribution < -0.4 is 20.2 Å². The largest absolute Gasteiger partial charge is 0.490 e. The fraction of sp³-hybridized carbons (Fsp3) is 0.160. The summed E-state index contributed by atoms with van der Waals surface area (Å²) in [6.07, 6.45) is 1.50. The van der Waals surface area contributed by atoms with Crippen LogP contribution in [0.15, 0.2) is 70.2 Å². The summed E-state index contributed by atoms with van der Waals surface area (Å²) in [5.41, 5.74) is 5.85. The lowest BCUT2D eigenvalue weighted by molar-refractivity contribution is 0.0696. The highest BCUT2D eigenvalue weighted by Crippen LogP contribution is 2.29. The number of carbonyl (C=O) groups is 2. The summed E-state index contributed by atoms with van der Waals surface area (Å²) < 4.78 is 12.5.